The normalized spacial score (nSPS) is 16.8. The Balaban J connectivity index is 1.57. The Labute approximate surface area is 176 Å². The summed E-state index contributed by atoms with van der Waals surface area (Å²) < 4.78 is 5.41. The molecule has 5 nitrogen and oxygen atoms in total. The molecule has 0 aromatic heterocycles. The first-order valence-corrected chi connectivity index (χ1v) is 10.2. The van der Waals surface area contributed by atoms with Crippen LogP contribution in [0.25, 0.3) is 0 Å². The van der Waals surface area contributed by atoms with Gasteiger partial charge in [0, 0.05) is 29.7 Å². The van der Waals surface area contributed by atoms with Crippen LogP contribution >= 0.6 is 23.2 Å². The molecule has 0 aliphatic carbocycles. The first kappa shape index (κ1) is 20.9. The molecule has 0 bridgehead atoms. The molecule has 1 unspecified atom stereocenters. The molecular formula is C21H26Cl2N4O. The number of nitrogens with zero attached hydrogens (tertiary/aromatic N) is 2. The zero-order valence-corrected chi connectivity index (χ0v) is 17.5. The molecule has 1 atom stereocenters. The van der Waals surface area contributed by atoms with E-state index in [-0.39, 0.29) is 6.04 Å². The SMILES string of the molecule is CC(NC(N)=NCc1cccc(CN2CCOCC2)c1)c1ccc(Cl)cc1Cl. The maximum Gasteiger partial charge on any atom is 0.189 e. The summed E-state index contributed by atoms with van der Waals surface area (Å²) in [4.78, 5) is 6.88. The number of hydrogen-bond donors (Lipinski definition) is 2. The fourth-order valence-electron chi connectivity index (χ4n) is 3.22. The largest absolute Gasteiger partial charge is 0.379 e. The van der Waals surface area contributed by atoms with Crippen LogP contribution in [0.5, 0.6) is 0 Å². The highest BCUT2D eigenvalue weighted by Gasteiger charge is 2.12. The molecule has 2 aromatic rings. The van der Waals surface area contributed by atoms with Crippen molar-refractivity contribution in [3.05, 3.63) is 69.2 Å². The smallest absolute Gasteiger partial charge is 0.189 e. The summed E-state index contributed by atoms with van der Waals surface area (Å²) in [5.41, 5.74) is 9.41. The van der Waals surface area contributed by atoms with Gasteiger partial charge in [0.05, 0.1) is 25.8 Å². The van der Waals surface area contributed by atoms with E-state index >= 15 is 0 Å². The fourth-order valence-corrected chi connectivity index (χ4v) is 3.79. The molecule has 7 heteroatoms. The third-order valence-electron chi connectivity index (χ3n) is 4.73. The van der Waals surface area contributed by atoms with Crippen molar-refractivity contribution < 1.29 is 4.74 Å². The van der Waals surface area contributed by atoms with E-state index in [1.807, 2.05) is 19.1 Å². The number of aliphatic imine (C=N–C) groups is 1. The van der Waals surface area contributed by atoms with E-state index in [0.29, 0.717) is 22.5 Å². The lowest BCUT2D eigenvalue weighted by Gasteiger charge is -2.26. The number of halogens is 2. The van der Waals surface area contributed by atoms with Crippen LogP contribution in [0.4, 0.5) is 0 Å². The van der Waals surface area contributed by atoms with E-state index in [2.05, 4.69) is 39.5 Å². The average molecular weight is 421 g/mol. The fraction of sp³-hybridized carbons (Fsp3) is 0.381. The Morgan fingerprint density at radius 3 is 2.68 bits per heavy atom. The molecule has 150 valence electrons. The van der Waals surface area contributed by atoms with Crippen LogP contribution in [0.15, 0.2) is 47.5 Å². The van der Waals surface area contributed by atoms with E-state index < -0.39 is 0 Å². The number of nitrogens with one attached hydrogen (secondary N) is 1. The molecular weight excluding hydrogens is 395 g/mol. The molecule has 1 fully saturated rings. The van der Waals surface area contributed by atoms with Gasteiger partial charge in [-0.1, -0.05) is 53.5 Å². The summed E-state index contributed by atoms with van der Waals surface area (Å²) in [7, 11) is 0. The van der Waals surface area contributed by atoms with Gasteiger partial charge in [-0.3, -0.25) is 4.90 Å². The molecule has 0 saturated carbocycles. The first-order chi connectivity index (χ1) is 13.5. The van der Waals surface area contributed by atoms with Gasteiger partial charge in [-0.05, 0) is 35.7 Å². The standard InChI is InChI=1S/C21H26Cl2N4O/c1-15(19-6-5-18(22)12-20(19)23)26-21(24)25-13-16-3-2-4-17(11-16)14-27-7-9-28-10-8-27/h2-6,11-12,15H,7-10,13-14H2,1H3,(H3,24,25,26). The van der Waals surface area contributed by atoms with Crippen molar-refractivity contribution >= 4 is 29.2 Å². The molecule has 3 rings (SSSR count). The van der Waals surface area contributed by atoms with Gasteiger partial charge in [0.15, 0.2) is 5.96 Å². The van der Waals surface area contributed by atoms with Crippen LogP contribution in [0.2, 0.25) is 10.0 Å². The third kappa shape index (κ3) is 6.11. The average Bonchev–Trinajstić information content (AvgIpc) is 2.67. The molecule has 1 heterocycles. The Morgan fingerprint density at radius 1 is 1.18 bits per heavy atom. The summed E-state index contributed by atoms with van der Waals surface area (Å²) in [6, 6.07) is 13.8. The number of ether oxygens (including phenoxy) is 1. The van der Waals surface area contributed by atoms with Crippen molar-refractivity contribution in [2.75, 3.05) is 26.3 Å². The second-order valence-electron chi connectivity index (χ2n) is 6.94. The minimum atomic E-state index is -0.0684. The molecule has 2 aromatic carbocycles. The number of nitrogens with two attached hydrogens (primary N) is 1. The van der Waals surface area contributed by atoms with Crippen molar-refractivity contribution in [3.63, 3.8) is 0 Å². The monoisotopic (exact) mass is 420 g/mol. The minimum absolute atomic E-state index is 0.0684. The zero-order valence-electron chi connectivity index (χ0n) is 16.0. The van der Waals surface area contributed by atoms with E-state index in [0.717, 1.165) is 44.0 Å². The Morgan fingerprint density at radius 2 is 1.93 bits per heavy atom. The van der Waals surface area contributed by atoms with Crippen molar-refractivity contribution in [2.45, 2.75) is 26.1 Å². The van der Waals surface area contributed by atoms with Crippen molar-refractivity contribution in [2.24, 2.45) is 10.7 Å². The van der Waals surface area contributed by atoms with E-state index in [9.17, 15) is 0 Å². The highest BCUT2D eigenvalue weighted by atomic mass is 35.5. The lowest BCUT2D eigenvalue weighted by Crippen LogP contribution is -2.35. The number of rotatable bonds is 6. The van der Waals surface area contributed by atoms with Gasteiger partial charge < -0.3 is 15.8 Å². The first-order valence-electron chi connectivity index (χ1n) is 9.40. The predicted molar refractivity (Wildman–Crippen MR) is 116 cm³/mol. The molecule has 0 radical (unpaired) electrons. The highest BCUT2D eigenvalue weighted by Crippen LogP contribution is 2.25. The van der Waals surface area contributed by atoms with Crippen LogP contribution < -0.4 is 11.1 Å². The van der Waals surface area contributed by atoms with Gasteiger partial charge >= 0.3 is 0 Å². The number of morpholine rings is 1. The maximum absolute atomic E-state index is 6.26. The molecule has 0 spiro atoms. The van der Waals surface area contributed by atoms with Crippen LogP contribution in [0, 0.1) is 0 Å². The lowest BCUT2D eigenvalue weighted by molar-refractivity contribution is 0.0342. The Bertz CT molecular complexity index is 822. The summed E-state index contributed by atoms with van der Waals surface area (Å²) in [6.07, 6.45) is 0. The van der Waals surface area contributed by atoms with Gasteiger partial charge in [-0.15, -0.1) is 0 Å². The molecule has 1 aliphatic rings. The zero-order chi connectivity index (χ0) is 19.9. The van der Waals surface area contributed by atoms with Crippen LogP contribution in [-0.4, -0.2) is 37.2 Å². The van der Waals surface area contributed by atoms with Gasteiger partial charge in [0.2, 0.25) is 0 Å². The van der Waals surface area contributed by atoms with E-state index in [1.165, 1.54) is 5.56 Å². The molecule has 3 N–H and O–H groups in total. The quantitative estimate of drug-likeness (QED) is 0.547. The molecule has 28 heavy (non-hydrogen) atoms. The van der Waals surface area contributed by atoms with E-state index in [1.54, 1.807) is 6.07 Å². The second-order valence-corrected chi connectivity index (χ2v) is 7.79. The third-order valence-corrected chi connectivity index (χ3v) is 5.29. The topological polar surface area (TPSA) is 62.9 Å². The Hall–Kier alpha value is -1.79. The van der Waals surface area contributed by atoms with Crippen LogP contribution in [-0.2, 0) is 17.8 Å². The molecule has 1 aliphatic heterocycles. The number of benzene rings is 2. The lowest BCUT2D eigenvalue weighted by atomic mass is 10.1. The van der Waals surface area contributed by atoms with Crippen LogP contribution in [0.3, 0.4) is 0 Å². The van der Waals surface area contributed by atoms with Gasteiger partial charge in [0.1, 0.15) is 0 Å². The van der Waals surface area contributed by atoms with Crippen molar-refractivity contribution in [1.29, 1.82) is 0 Å². The summed E-state index contributed by atoms with van der Waals surface area (Å²) in [5, 5.41) is 4.40. The number of hydrogen-bond acceptors (Lipinski definition) is 3. The molecule has 0 amide bonds. The van der Waals surface area contributed by atoms with Gasteiger partial charge in [-0.25, -0.2) is 4.99 Å². The predicted octanol–water partition coefficient (Wildman–Crippen LogP) is 3.99. The summed E-state index contributed by atoms with van der Waals surface area (Å²) >= 11 is 12.2. The highest BCUT2D eigenvalue weighted by molar-refractivity contribution is 6.35. The number of guanidine groups is 1. The van der Waals surface area contributed by atoms with Gasteiger partial charge in [-0.2, -0.15) is 0 Å². The minimum Gasteiger partial charge on any atom is -0.379 e. The van der Waals surface area contributed by atoms with Crippen LogP contribution in [0.1, 0.15) is 29.7 Å². The second kappa shape index (κ2) is 10.1. The van der Waals surface area contributed by atoms with E-state index in [4.69, 9.17) is 33.7 Å². The summed E-state index contributed by atoms with van der Waals surface area (Å²) in [6.45, 7) is 7.01. The Kier molecular flexibility index (Phi) is 7.57. The van der Waals surface area contributed by atoms with Crippen molar-refractivity contribution in [3.8, 4) is 0 Å². The molecule has 1 saturated heterocycles. The maximum atomic E-state index is 6.26. The summed E-state index contributed by atoms with van der Waals surface area (Å²) in [5.74, 6) is 0.386. The van der Waals surface area contributed by atoms with Crippen molar-refractivity contribution in [1.82, 2.24) is 10.2 Å². The van der Waals surface area contributed by atoms with Gasteiger partial charge in [0.25, 0.3) is 0 Å².